The van der Waals surface area contributed by atoms with E-state index in [9.17, 15) is 4.79 Å². The van der Waals surface area contributed by atoms with Gasteiger partial charge in [-0.3, -0.25) is 10.2 Å². The van der Waals surface area contributed by atoms with Crippen LogP contribution in [0.25, 0.3) is 0 Å². The summed E-state index contributed by atoms with van der Waals surface area (Å²) < 4.78 is 0. The maximum Gasteiger partial charge on any atom is 0.226 e. The van der Waals surface area contributed by atoms with Crippen LogP contribution in [0.3, 0.4) is 0 Å². The molecule has 1 heterocycles. The summed E-state index contributed by atoms with van der Waals surface area (Å²) in [6.07, 6.45) is 0. The molecule has 1 saturated heterocycles. The van der Waals surface area contributed by atoms with Gasteiger partial charge in [0.05, 0.1) is 12.0 Å². The summed E-state index contributed by atoms with van der Waals surface area (Å²) in [4.78, 5) is 12.6. The smallest absolute Gasteiger partial charge is 0.226 e. The number of hydrogen-bond acceptors (Lipinski definition) is 3. The highest BCUT2D eigenvalue weighted by molar-refractivity contribution is 5.80. The van der Waals surface area contributed by atoms with Crippen LogP contribution in [0.2, 0.25) is 0 Å². The average molecular weight is 309 g/mol. The van der Waals surface area contributed by atoms with Crippen LogP contribution in [0.5, 0.6) is 0 Å². The summed E-state index contributed by atoms with van der Waals surface area (Å²) in [5.41, 5.74) is 11.1. The van der Waals surface area contributed by atoms with E-state index in [1.165, 1.54) is 16.7 Å². The first-order valence-corrected chi connectivity index (χ1v) is 8.02. The van der Waals surface area contributed by atoms with Crippen LogP contribution in [-0.4, -0.2) is 12.5 Å². The third-order valence-corrected chi connectivity index (χ3v) is 4.43. The minimum Gasteiger partial charge on any atom is -0.352 e. The molecule has 1 amide bonds. The molecule has 0 aromatic heterocycles. The first-order chi connectivity index (χ1) is 11.1. The zero-order valence-corrected chi connectivity index (χ0v) is 13.6. The van der Waals surface area contributed by atoms with E-state index in [1.54, 1.807) is 0 Å². The van der Waals surface area contributed by atoms with E-state index in [0.29, 0.717) is 13.1 Å². The van der Waals surface area contributed by atoms with Gasteiger partial charge in [0.25, 0.3) is 0 Å². The van der Waals surface area contributed by atoms with Crippen molar-refractivity contribution >= 4 is 5.91 Å². The van der Waals surface area contributed by atoms with Crippen LogP contribution < -0.4 is 16.2 Å². The molecule has 1 aliphatic rings. The van der Waals surface area contributed by atoms with Crippen LogP contribution in [0, 0.1) is 19.8 Å². The lowest BCUT2D eigenvalue weighted by Gasteiger charge is -2.19. The van der Waals surface area contributed by atoms with Crippen molar-refractivity contribution < 1.29 is 4.79 Å². The monoisotopic (exact) mass is 309 g/mol. The molecule has 2 unspecified atom stereocenters. The Hall–Kier alpha value is -2.17. The molecule has 0 saturated carbocycles. The Kier molecular flexibility index (Phi) is 4.74. The average Bonchev–Trinajstić information content (AvgIpc) is 3.04. The van der Waals surface area contributed by atoms with Gasteiger partial charge in [0.1, 0.15) is 0 Å². The molecule has 2 aromatic carbocycles. The molecule has 0 spiro atoms. The van der Waals surface area contributed by atoms with E-state index in [0.717, 1.165) is 5.56 Å². The summed E-state index contributed by atoms with van der Waals surface area (Å²) >= 11 is 0. The highest BCUT2D eigenvalue weighted by Crippen LogP contribution is 2.24. The van der Waals surface area contributed by atoms with Crippen LogP contribution in [0.15, 0.2) is 48.5 Å². The quantitative estimate of drug-likeness (QED) is 0.813. The fourth-order valence-electron chi connectivity index (χ4n) is 3.07. The van der Waals surface area contributed by atoms with Gasteiger partial charge in [-0.25, -0.2) is 5.43 Å². The Bertz CT molecular complexity index is 684. The van der Waals surface area contributed by atoms with Gasteiger partial charge >= 0.3 is 0 Å². The van der Waals surface area contributed by atoms with Crippen LogP contribution in [0.1, 0.15) is 28.3 Å². The Labute approximate surface area is 137 Å². The van der Waals surface area contributed by atoms with Gasteiger partial charge in [0.2, 0.25) is 5.91 Å². The van der Waals surface area contributed by atoms with Gasteiger partial charge in [-0.15, -0.1) is 0 Å². The van der Waals surface area contributed by atoms with E-state index >= 15 is 0 Å². The molecule has 23 heavy (non-hydrogen) atoms. The van der Waals surface area contributed by atoms with E-state index in [4.69, 9.17) is 0 Å². The molecule has 4 heteroatoms. The maximum atomic E-state index is 12.6. The van der Waals surface area contributed by atoms with E-state index in [1.807, 2.05) is 18.2 Å². The molecule has 120 valence electrons. The fourth-order valence-corrected chi connectivity index (χ4v) is 3.07. The van der Waals surface area contributed by atoms with Crippen molar-refractivity contribution in [3.8, 4) is 0 Å². The Morgan fingerprint density at radius 3 is 2.70 bits per heavy atom. The van der Waals surface area contributed by atoms with Crippen molar-refractivity contribution in [3.63, 3.8) is 0 Å². The van der Waals surface area contributed by atoms with Crippen molar-refractivity contribution in [1.82, 2.24) is 16.2 Å². The van der Waals surface area contributed by atoms with Crippen molar-refractivity contribution in [2.75, 3.05) is 6.54 Å². The summed E-state index contributed by atoms with van der Waals surface area (Å²) in [6.45, 7) is 5.37. The Morgan fingerprint density at radius 2 is 1.96 bits per heavy atom. The molecule has 4 nitrogen and oxygen atoms in total. The molecule has 1 fully saturated rings. The number of hydrazine groups is 1. The van der Waals surface area contributed by atoms with Gasteiger partial charge in [-0.2, -0.15) is 0 Å². The van der Waals surface area contributed by atoms with Crippen molar-refractivity contribution in [1.29, 1.82) is 0 Å². The molecule has 0 radical (unpaired) electrons. The van der Waals surface area contributed by atoms with E-state index < -0.39 is 0 Å². The zero-order valence-electron chi connectivity index (χ0n) is 13.6. The molecule has 1 aliphatic heterocycles. The predicted octanol–water partition coefficient (Wildman–Crippen LogP) is 2.38. The summed E-state index contributed by atoms with van der Waals surface area (Å²) in [5, 5.41) is 3.08. The number of hydrogen-bond donors (Lipinski definition) is 3. The van der Waals surface area contributed by atoms with Crippen LogP contribution in [0.4, 0.5) is 0 Å². The third-order valence-electron chi connectivity index (χ3n) is 4.43. The summed E-state index contributed by atoms with van der Waals surface area (Å²) in [5.74, 6) is -0.0283. The molecular formula is C19H23N3O. The summed E-state index contributed by atoms with van der Waals surface area (Å²) in [6, 6.07) is 16.4. The second-order valence-electron chi connectivity index (χ2n) is 6.17. The molecular weight excluding hydrogens is 286 g/mol. The lowest BCUT2D eigenvalue weighted by atomic mass is 9.94. The van der Waals surface area contributed by atoms with Crippen LogP contribution in [-0.2, 0) is 11.3 Å². The lowest BCUT2D eigenvalue weighted by molar-refractivity contribution is -0.125. The molecule has 0 bridgehead atoms. The second kappa shape index (κ2) is 6.94. The lowest BCUT2D eigenvalue weighted by Crippen LogP contribution is -2.34. The Morgan fingerprint density at radius 1 is 1.17 bits per heavy atom. The van der Waals surface area contributed by atoms with Gasteiger partial charge in [-0.1, -0.05) is 54.1 Å². The number of nitrogens with one attached hydrogen (secondary N) is 3. The standard InChI is InChI=1S/C19H23N3O/c1-13-8-9-16(14(2)10-13)11-20-19(23)17-12-21-22-18(17)15-6-4-3-5-7-15/h3-10,17-18,21-22H,11-12H2,1-2H3,(H,20,23). The van der Waals surface area contributed by atoms with Crippen LogP contribution >= 0.6 is 0 Å². The second-order valence-corrected chi connectivity index (χ2v) is 6.17. The third kappa shape index (κ3) is 3.60. The first kappa shape index (κ1) is 15.7. The number of amides is 1. The van der Waals surface area contributed by atoms with Crippen molar-refractivity contribution in [2.24, 2.45) is 5.92 Å². The van der Waals surface area contributed by atoms with E-state index in [2.05, 4.69) is 60.3 Å². The molecule has 0 aliphatic carbocycles. The number of benzene rings is 2. The molecule has 3 rings (SSSR count). The zero-order chi connectivity index (χ0) is 16.2. The fraction of sp³-hybridized carbons (Fsp3) is 0.316. The molecule has 2 aromatic rings. The normalized spacial score (nSPS) is 20.4. The number of carbonyl (C=O) groups is 1. The van der Waals surface area contributed by atoms with Gasteiger partial charge in [0.15, 0.2) is 0 Å². The largest absolute Gasteiger partial charge is 0.352 e. The molecule has 2 atom stereocenters. The van der Waals surface area contributed by atoms with Gasteiger partial charge in [0, 0.05) is 13.1 Å². The number of carbonyl (C=O) groups excluding carboxylic acids is 1. The topological polar surface area (TPSA) is 53.2 Å². The number of rotatable bonds is 4. The first-order valence-electron chi connectivity index (χ1n) is 8.02. The number of aryl methyl sites for hydroxylation is 2. The van der Waals surface area contributed by atoms with E-state index in [-0.39, 0.29) is 17.9 Å². The minimum atomic E-state index is -0.108. The Balaban J connectivity index is 1.65. The molecule has 3 N–H and O–H groups in total. The van der Waals surface area contributed by atoms with Gasteiger partial charge < -0.3 is 5.32 Å². The maximum absolute atomic E-state index is 12.6. The van der Waals surface area contributed by atoms with Gasteiger partial charge in [-0.05, 0) is 30.5 Å². The predicted molar refractivity (Wildman–Crippen MR) is 91.6 cm³/mol. The highest BCUT2D eigenvalue weighted by Gasteiger charge is 2.33. The highest BCUT2D eigenvalue weighted by atomic mass is 16.2. The SMILES string of the molecule is Cc1ccc(CNC(=O)C2CNNC2c2ccccc2)c(C)c1. The summed E-state index contributed by atoms with van der Waals surface area (Å²) in [7, 11) is 0. The van der Waals surface area contributed by atoms with Crippen molar-refractivity contribution in [3.05, 3.63) is 70.8 Å². The minimum absolute atomic E-state index is 0.00955. The van der Waals surface area contributed by atoms with Crippen molar-refractivity contribution in [2.45, 2.75) is 26.4 Å².